The Labute approximate surface area is 104 Å². The molecule has 17 heavy (non-hydrogen) atoms. The molecule has 0 spiro atoms. The quantitative estimate of drug-likeness (QED) is 0.844. The topological polar surface area (TPSA) is 21.3 Å². The number of piperidine rings is 1. The van der Waals surface area contributed by atoms with Crippen molar-refractivity contribution in [1.82, 2.24) is 5.32 Å². The molecule has 1 unspecified atom stereocenters. The normalized spacial score (nSPS) is 20.4. The van der Waals surface area contributed by atoms with Crippen LogP contribution in [0.25, 0.3) is 0 Å². The van der Waals surface area contributed by atoms with Gasteiger partial charge in [-0.25, -0.2) is 0 Å². The van der Waals surface area contributed by atoms with Crippen molar-refractivity contribution in [2.75, 3.05) is 13.7 Å². The average molecular weight is 233 g/mol. The molecular weight excluding hydrogens is 210 g/mol. The first-order valence-electron chi connectivity index (χ1n) is 6.68. The van der Waals surface area contributed by atoms with Crippen LogP contribution in [0.3, 0.4) is 0 Å². The number of ether oxygens (including phenoxy) is 1. The molecule has 0 radical (unpaired) electrons. The zero-order valence-corrected chi connectivity index (χ0v) is 10.7. The van der Waals surface area contributed by atoms with Crippen LogP contribution in [0.5, 0.6) is 0 Å². The summed E-state index contributed by atoms with van der Waals surface area (Å²) in [6, 6.07) is 9.55. The zero-order chi connectivity index (χ0) is 11.9. The summed E-state index contributed by atoms with van der Waals surface area (Å²) in [4.78, 5) is 0. The van der Waals surface area contributed by atoms with E-state index in [-0.39, 0.29) is 0 Å². The number of hydrogen-bond acceptors (Lipinski definition) is 2. The van der Waals surface area contributed by atoms with Gasteiger partial charge < -0.3 is 10.1 Å². The first kappa shape index (κ1) is 12.6. The molecule has 94 valence electrons. The minimum Gasteiger partial charge on any atom is -0.380 e. The lowest BCUT2D eigenvalue weighted by Crippen LogP contribution is -2.34. The van der Waals surface area contributed by atoms with Crippen LogP contribution in [0.15, 0.2) is 24.3 Å². The minimum absolute atomic E-state index is 0.713. The van der Waals surface area contributed by atoms with Gasteiger partial charge in [0.25, 0.3) is 0 Å². The molecule has 1 N–H and O–H groups in total. The Morgan fingerprint density at radius 2 is 1.94 bits per heavy atom. The molecule has 2 heteroatoms. The third-order valence-electron chi connectivity index (χ3n) is 3.53. The summed E-state index contributed by atoms with van der Waals surface area (Å²) in [7, 11) is 1.74. The summed E-state index contributed by atoms with van der Waals surface area (Å²) in [5, 5.41) is 3.60. The van der Waals surface area contributed by atoms with Gasteiger partial charge >= 0.3 is 0 Å². The van der Waals surface area contributed by atoms with Crippen molar-refractivity contribution in [3.05, 3.63) is 35.4 Å². The lowest BCUT2D eigenvalue weighted by atomic mass is 9.97. The second kappa shape index (κ2) is 6.77. The molecule has 1 aromatic carbocycles. The van der Waals surface area contributed by atoms with Crippen molar-refractivity contribution in [1.29, 1.82) is 0 Å². The van der Waals surface area contributed by atoms with Crippen LogP contribution in [0.1, 0.15) is 36.8 Å². The fourth-order valence-electron chi connectivity index (χ4n) is 2.48. The summed E-state index contributed by atoms with van der Waals surface area (Å²) in [6.45, 7) is 1.92. The van der Waals surface area contributed by atoms with Crippen molar-refractivity contribution < 1.29 is 4.74 Å². The van der Waals surface area contributed by atoms with E-state index in [0.717, 1.165) is 6.04 Å². The minimum atomic E-state index is 0.713. The number of aryl methyl sites for hydroxylation is 1. The Morgan fingerprint density at radius 1 is 1.18 bits per heavy atom. The molecule has 1 aromatic rings. The van der Waals surface area contributed by atoms with Gasteiger partial charge in [0.2, 0.25) is 0 Å². The van der Waals surface area contributed by atoms with Crippen molar-refractivity contribution in [3.63, 3.8) is 0 Å². The summed E-state index contributed by atoms with van der Waals surface area (Å²) < 4.78 is 5.11. The molecule has 1 saturated heterocycles. The average Bonchev–Trinajstić information content (AvgIpc) is 2.40. The van der Waals surface area contributed by atoms with E-state index in [1.165, 1.54) is 49.8 Å². The first-order valence-corrected chi connectivity index (χ1v) is 6.68. The first-order chi connectivity index (χ1) is 8.38. The number of hydrogen-bond donors (Lipinski definition) is 1. The second-order valence-corrected chi connectivity index (χ2v) is 4.94. The Bertz CT molecular complexity index is 314. The number of nitrogens with one attached hydrogen (secondary N) is 1. The molecule has 1 atom stereocenters. The predicted octanol–water partition coefficient (Wildman–Crippen LogP) is 2.91. The Morgan fingerprint density at radius 3 is 2.59 bits per heavy atom. The van der Waals surface area contributed by atoms with Crippen LogP contribution in [0.4, 0.5) is 0 Å². The third kappa shape index (κ3) is 4.14. The second-order valence-electron chi connectivity index (χ2n) is 4.94. The van der Waals surface area contributed by atoms with E-state index in [1.54, 1.807) is 7.11 Å². The van der Waals surface area contributed by atoms with E-state index in [0.29, 0.717) is 6.61 Å². The summed E-state index contributed by atoms with van der Waals surface area (Å²) >= 11 is 0. The van der Waals surface area contributed by atoms with Crippen molar-refractivity contribution in [3.8, 4) is 0 Å². The fourth-order valence-corrected chi connectivity index (χ4v) is 2.48. The van der Waals surface area contributed by atoms with Gasteiger partial charge in [-0.2, -0.15) is 0 Å². The van der Waals surface area contributed by atoms with Gasteiger partial charge in [-0.1, -0.05) is 30.7 Å². The Kier molecular flexibility index (Phi) is 5.02. The fraction of sp³-hybridized carbons (Fsp3) is 0.600. The molecule has 2 rings (SSSR count). The van der Waals surface area contributed by atoms with Gasteiger partial charge in [0, 0.05) is 13.2 Å². The van der Waals surface area contributed by atoms with Crippen LogP contribution in [0.2, 0.25) is 0 Å². The monoisotopic (exact) mass is 233 g/mol. The van der Waals surface area contributed by atoms with Crippen molar-refractivity contribution >= 4 is 0 Å². The van der Waals surface area contributed by atoms with Crippen LogP contribution in [0, 0.1) is 0 Å². The van der Waals surface area contributed by atoms with E-state index in [2.05, 4.69) is 29.6 Å². The van der Waals surface area contributed by atoms with E-state index in [9.17, 15) is 0 Å². The van der Waals surface area contributed by atoms with E-state index in [4.69, 9.17) is 4.74 Å². The highest BCUT2D eigenvalue weighted by Gasteiger charge is 2.11. The maximum Gasteiger partial charge on any atom is 0.0713 e. The molecule has 0 aliphatic carbocycles. The van der Waals surface area contributed by atoms with E-state index >= 15 is 0 Å². The van der Waals surface area contributed by atoms with Crippen molar-refractivity contribution in [2.24, 2.45) is 0 Å². The molecule has 1 aliphatic rings. The molecule has 0 amide bonds. The van der Waals surface area contributed by atoms with Gasteiger partial charge in [0.05, 0.1) is 6.61 Å². The predicted molar refractivity (Wildman–Crippen MR) is 71.1 cm³/mol. The number of methoxy groups -OCH3 is 1. The Balaban J connectivity index is 1.77. The van der Waals surface area contributed by atoms with Crippen LogP contribution in [-0.2, 0) is 17.8 Å². The number of rotatable bonds is 5. The smallest absolute Gasteiger partial charge is 0.0713 e. The molecule has 1 heterocycles. The largest absolute Gasteiger partial charge is 0.380 e. The van der Waals surface area contributed by atoms with Gasteiger partial charge in [0.1, 0.15) is 0 Å². The molecule has 0 saturated carbocycles. The van der Waals surface area contributed by atoms with Gasteiger partial charge in [-0.05, 0) is 43.4 Å². The SMILES string of the molecule is COCc1ccc(CCC2CCCCN2)cc1. The molecule has 1 aliphatic heterocycles. The molecule has 1 fully saturated rings. The highest BCUT2D eigenvalue weighted by molar-refractivity contribution is 5.22. The van der Waals surface area contributed by atoms with Gasteiger partial charge in [-0.15, -0.1) is 0 Å². The lowest BCUT2D eigenvalue weighted by molar-refractivity contribution is 0.185. The highest BCUT2D eigenvalue weighted by Crippen LogP contribution is 2.14. The number of benzene rings is 1. The standard InChI is InChI=1S/C15H23NO/c1-17-12-14-7-5-13(6-8-14)9-10-15-4-2-3-11-16-15/h5-8,15-16H,2-4,9-12H2,1H3. The van der Waals surface area contributed by atoms with E-state index < -0.39 is 0 Å². The van der Waals surface area contributed by atoms with Crippen LogP contribution >= 0.6 is 0 Å². The maximum absolute atomic E-state index is 5.11. The Hall–Kier alpha value is -0.860. The zero-order valence-electron chi connectivity index (χ0n) is 10.7. The molecular formula is C15H23NO. The van der Waals surface area contributed by atoms with Crippen LogP contribution < -0.4 is 5.32 Å². The molecule has 2 nitrogen and oxygen atoms in total. The molecule has 0 aromatic heterocycles. The summed E-state index contributed by atoms with van der Waals surface area (Å²) in [5.41, 5.74) is 2.70. The van der Waals surface area contributed by atoms with E-state index in [1.807, 2.05) is 0 Å². The lowest BCUT2D eigenvalue weighted by Gasteiger charge is -2.23. The maximum atomic E-state index is 5.11. The molecule has 0 bridgehead atoms. The van der Waals surface area contributed by atoms with Crippen LogP contribution in [-0.4, -0.2) is 19.7 Å². The highest BCUT2D eigenvalue weighted by atomic mass is 16.5. The summed E-state index contributed by atoms with van der Waals surface area (Å²) in [6.07, 6.45) is 6.54. The summed E-state index contributed by atoms with van der Waals surface area (Å²) in [5.74, 6) is 0. The van der Waals surface area contributed by atoms with Crippen molar-refractivity contribution in [2.45, 2.75) is 44.8 Å². The van der Waals surface area contributed by atoms with Gasteiger partial charge in [-0.3, -0.25) is 0 Å². The third-order valence-corrected chi connectivity index (χ3v) is 3.53. The van der Waals surface area contributed by atoms with Gasteiger partial charge in [0.15, 0.2) is 0 Å².